The summed E-state index contributed by atoms with van der Waals surface area (Å²) in [6.07, 6.45) is 0. The summed E-state index contributed by atoms with van der Waals surface area (Å²) in [5, 5.41) is 12.1. The Morgan fingerprint density at radius 2 is 1.92 bits per heavy atom. The predicted molar refractivity (Wildman–Crippen MR) is 95.3 cm³/mol. The number of carbonyl (C=O) groups excluding carboxylic acids is 1. The SMILES string of the molecule is Cc1cc(NC(=O)C(C)n2nc(-n3nc(C)cc3C)ccc2=O)sn1. The van der Waals surface area contributed by atoms with E-state index in [0.717, 1.165) is 21.8 Å². The van der Waals surface area contributed by atoms with E-state index in [4.69, 9.17) is 0 Å². The van der Waals surface area contributed by atoms with E-state index in [1.54, 1.807) is 23.7 Å². The number of amides is 1. The first-order valence-electron chi connectivity index (χ1n) is 7.73. The second-order valence-corrected chi connectivity index (χ2v) is 6.62. The highest BCUT2D eigenvalue weighted by Gasteiger charge is 2.19. The molecule has 0 aliphatic heterocycles. The van der Waals surface area contributed by atoms with E-state index in [2.05, 4.69) is 19.9 Å². The number of aromatic nitrogens is 5. The summed E-state index contributed by atoms with van der Waals surface area (Å²) in [7, 11) is 0. The molecule has 1 N–H and O–H groups in total. The van der Waals surface area contributed by atoms with Crippen molar-refractivity contribution in [1.29, 1.82) is 0 Å². The Kier molecular flexibility index (Phi) is 4.49. The Morgan fingerprint density at radius 1 is 1.16 bits per heavy atom. The summed E-state index contributed by atoms with van der Waals surface area (Å²) in [5.41, 5.74) is 2.22. The third-order valence-electron chi connectivity index (χ3n) is 3.66. The number of hydrogen-bond donors (Lipinski definition) is 1. The van der Waals surface area contributed by atoms with Crippen LogP contribution in [0.4, 0.5) is 5.00 Å². The van der Waals surface area contributed by atoms with E-state index in [-0.39, 0.29) is 11.5 Å². The van der Waals surface area contributed by atoms with Gasteiger partial charge in [0.05, 0.1) is 11.4 Å². The van der Waals surface area contributed by atoms with Crippen molar-refractivity contribution in [2.45, 2.75) is 33.7 Å². The predicted octanol–water partition coefficient (Wildman–Crippen LogP) is 2.01. The number of rotatable bonds is 4. The molecule has 8 nitrogen and oxygen atoms in total. The Hall–Kier alpha value is -2.81. The van der Waals surface area contributed by atoms with Crippen LogP contribution in [0, 0.1) is 20.8 Å². The lowest BCUT2D eigenvalue weighted by atomic mass is 10.3. The zero-order chi connectivity index (χ0) is 18.1. The number of hydrogen-bond acceptors (Lipinski definition) is 6. The number of aryl methyl sites for hydroxylation is 3. The van der Waals surface area contributed by atoms with Crippen LogP contribution >= 0.6 is 11.5 Å². The van der Waals surface area contributed by atoms with Crippen molar-refractivity contribution in [1.82, 2.24) is 23.9 Å². The van der Waals surface area contributed by atoms with Crippen LogP contribution < -0.4 is 10.9 Å². The Morgan fingerprint density at radius 3 is 2.52 bits per heavy atom. The zero-order valence-electron chi connectivity index (χ0n) is 14.3. The normalized spacial score (nSPS) is 12.2. The van der Waals surface area contributed by atoms with Gasteiger partial charge in [-0.3, -0.25) is 9.59 Å². The Balaban J connectivity index is 1.90. The fourth-order valence-electron chi connectivity index (χ4n) is 2.43. The van der Waals surface area contributed by atoms with E-state index < -0.39 is 6.04 Å². The van der Waals surface area contributed by atoms with Gasteiger partial charge in [-0.1, -0.05) is 0 Å². The molecule has 0 spiro atoms. The fourth-order valence-corrected chi connectivity index (χ4v) is 3.09. The molecule has 0 aliphatic rings. The molecule has 9 heteroatoms. The number of carbonyl (C=O) groups is 1. The van der Waals surface area contributed by atoms with Gasteiger partial charge in [-0.2, -0.15) is 9.47 Å². The highest BCUT2D eigenvalue weighted by Crippen LogP contribution is 2.17. The topological polar surface area (TPSA) is 94.7 Å². The van der Waals surface area contributed by atoms with Gasteiger partial charge in [-0.15, -0.1) is 5.10 Å². The first kappa shape index (κ1) is 17.0. The van der Waals surface area contributed by atoms with Crippen molar-refractivity contribution >= 4 is 22.4 Å². The molecule has 1 atom stereocenters. The van der Waals surface area contributed by atoms with E-state index in [0.29, 0.717) is 10.8 Å². The van der Waals surface area contributed by atoms with Crippen LogP contribution in [-0.2, 0) is 4.79 Å². The second-order valence-electron chi connectivity index (χ2n) is 5.81. The summed E-state index contributed by atoms with van der Waals surface area (Å²) in [6, 6.07) is 5.90. The second kappa shape index (κ2) is 6.60. The molecule has 3 rings (SSSR count). The van der Waals surface area contributed by atoms with Crippen LogP contribution in [0.5, 0.6) is 0 Å². The van der Waals surface area contributed by atoms with Gasteiger partial charge in [0.2, 0.25) is 5.91 Å². The summed E-state index contributed by atoms with van der Waals surface area (Å²) < 4.78 is 6.92. The maximum Gasteiger partial charge on any atom is 0.267 e. The van der Waals surface area contributed by atoms with Crippen molar-refractivity contribution in [3.63, 3.8) is 0 Å². The number of anilines is 1. The molecular weight excluding hydrogens is 340 g/mol. The van der Waals surface area contributed by atoms with Crippen molar-refractivity contribution in [3.8, 4) is 5.82 Å². The third kappa shape index (κ3) is 3.50. The first-order chi connectivity index (χ1) is 11.8. The summed E-state index contributed by atoms with van der Waals surface area (Å²) >= 11 is 1.20. The van der Waals surface area contributed by atoms with Gasteiger partial charge in [0.25, 0.3) is 5.56 Å². The van der Waals surface area contributed by atoms with Crippen LogP contribution in [-0.4, -0.2) is 29.8 Å². The molecule has 3 aromatic heterocycles. The zero-order valence-corrected chi connectivity index (χ0v) is 15.2. The minimum absolute atomic E-state index is 0.330. The van der Waals surface area contributed by atoms with Crippen molar-refractivity contribution in [2.75, 3.05) is 5.32 Å². The van der Waals surface area contributed by atoms with E-state index in [1.807, 2.05) is 26.8 Å². The van der Waals surface area contributed by atoms with Gasteiger partial charge in [-0.25, -0.2) is 9.36 Å². The average molecular weight is 358 g/mol. The number of nitrogens with zero attached hydrogens (tertiary/aromatic N) is 5. The van der Waals surface area contributed by atoms with Gasteiger partial charge in [0, 0.05) is 11.8 Å². The van der Waals surface area contributed by atoms with Crippen molar-refractivity contribution in [2.24, 2.45) is 0 Å². The van der Waals surface area contributed by atoms with Crippen molar-refractivity contribution in [3.05, 3.63) is 51.7 Å². The first-order valence-corrected chi connectivity index (χ1v) is 8.50. The fraction of sp³-hybridized carbons (Fsp3) is 0.312. The molecule has 1 unspecified atom stereocenters. The van der Waals surface area contributed by atoms with Crippen LogP contribution in [0.25, 0.3) is 5.82 Å². The average Bonchev–Trinajstić information content (AvgIpc) is 3.12. The molecule has 0 bridgehead atoms. The Labute approximate surface area is 148 Å². The van der Waals surface area contributed by atoms with Crippen LogP contribution in [0.15, 0.2) is 29.1 Å². The van der Waals surface area contributed by atoms with Gasteiger partial charge >= 0.3 is 0 Å². The standard InChI is InChI=1S/C16H18N6O2S/c1-9-7-11(3)21(18-9)13-5-6-15(23)22(19-13)12(4)16(24)17-14-8-10(2)20-25-14/h5-8,12H,1-4H3,(H,17,24). The summed E-state index contributed by atoms with van der Waals surface area (Å²) in [6.45, 7) is 7.26. The highest BCUT2D eigenvalue weighted by atomic mass is 32.1. The van der Waals surface area contributed by atoms with Gasteiger partial charge in [-0.05, 0) is 57.4 Å². The lowest BCUT2D eigenvalue weighted by Gasteiger charge is -2.14. The minimum atomic E-state index is -0.771. The smallest absolute Gasteiger partial charge is 0.267 e. The van der Waals surface area contributed by atoms with Crippen LogP contribution in [0.1, 0.15) is 30.0 Å². The minimum Gasteiger partial charge on any atom is -0.315 e. The van der Waals surface area contributed by atoms with Gasteiger partial charge in [0.15, 0.2) is 5.82 Å². The third-order valence-corrected chi connectivity index (χ3v) is 4.45. The maximum absolute atomic E-state index is 12.4. The van der Waals surface area contributed by atoms with E-state index >= 15 is 0 Å². The van der Waals surface area contributed by atoms with Gasteiger partial charge < -0.3 is 5.32 Å². The molecule has 0 aliphatic carbocycles. The molecule has 130 valence electrons. The lowest BCUT2D eigenvalue weighted by Crippen LogP contribution is -2.33. The Bertz CT molecular complexity index is 987. The largest absolute Gasteiger partial charge is 0.315 e. The lowest BCUT2D eigenvalue weighted by molar-refractivity contribution is -0.119. The molecular formula is C16H18N6O2S. The monoisotopic (exact) mass is 358 g/mol. The van der Waals surface area contributed by atoms with E-state index in [9.17, 15) is 9.59 Å². The molecule has 0 saturated carbocycles. The molecule has 3 aromatic rings. The highest BCUT2D eigenvalue weighted by molar-refractivity contribution is 7.10. The molecule has 0 radical (unpaired) electrons. The molecule has 0 aromatic carbocycles. The van der Waals surface area contributed by atoms with Crippen LogP contribution in [0.2, 0.25) is 0 Å². The number of nitrogens with one attached hydrogen (secondary N) is 1. The molecule has 0 fully saturated rings. The molecule has 0 saturated heterocycles. The van der Waals surface area contributed by atoms with Crippen molar-refractivity contribution < 1.29 is 4.79 Å². The quantitative estimate of drug-likeness (QED) is 0.770. The summed E-state index contributed by atoms with van der Waals surface area (Å²) in [5.74, 6) is 0.155. The van der Waals surface area contributed by atoms with Crippen LogP contribution in [0.3, 0.4) is 0 Å². The maximum atomic E-state index is 12.4. The van der Waals surface area contributed by atoms with Gasteiger partial charge in [0.1, 0.15) is 11.0 Å². The molecule has 1 amide bonds. The van der Waals surface area contributed by atoms with E-state index in [1.165, 1.54) is 17.6 Å². The molecule has 3 heterocycles. The summed E-state index contributed by atoms with van der Waals surface area (Å²) in [4.78, 5) is 24.6. The molecule has 25 heavy (non-hydrogen) atoms.